The standard InChI is InChI=1S/C12H23Cl/c1-3-11-6-4-5-7-12(11)9-8-10(2)13/h10-12H,3-9H2,1-2H3. The van der Waals surface area contributed by atoms with Crippen LogP contribution in [0.2, 0.25) is 0 Å². The van der Waals surface area contributed by atoms with Crippen molar-refractivity contribution >= 4 is 11.6 Å². The van der Waals surface area contributed by atoms with Crippen molar-refractivity contribution in [2.24, 2.45) is 11.8 Å². The third-order valence-corrected chi connectivity index (χ3v) is 3.74. The van der Waals surface area contributed by atoms with Crippen molar-refractivity contribution in [3.05, 3.63) is 0 Å². The predicted molar refractivity (Wildman–Crippen MR) is 60.3 cm³/mol. The number of hydrogen-bond donors (Lipinski definition) is 0. The molecule has 0 amide bonds. The topological polar surface area (TPSA) is 0 Å². The highest BCUT2D eigenvalue weighted by atomic mass is 35.5. The average Bonchev–Trinajstić information content (AvgIpc) is 2.15. The zero-order chi connectivity index (χ0) is 9.68. The molecule has 0 aromatic heterocycles. The molecular formula is C12H23Cl. The Hall–Kier alpha value is 0.290. The first-order valence-corrected chi connectivity index (χ1v) is 6.31. The van der Waals surface area contributed by atoms with Crippen molar-refractivity contribution in [1.82, 2.24) is 0 Å². The van der Waals surface area contributed by atoms with Crippen molar-refractivity contribution in [3.8, 4) is 0 Å². The molecule has 1 aliphatic carbocycles. The molecule has 0 aliphatic heterocycles. The van der Waals surface area contributed by atoms with E-state index in [0.717, 1.165) is 11.8 Å². The molecular weight excluding hydrogens is 180 g/mol. The quantitative estimate of drug-likeness (QED) is 0.584. The molecule has 0 aromatic rings. The minimum atomic E-state index is 0.374. The number of rotatable bonds is 4. The number of hydrogen-bond acceptors (Lipinski definition) is 0. The Morgan fingerprint density at radius 3 is 2.38 bits per heavy atom. The molecule has 0 heterocycles. The van der Waals surface area contributed by atoms with E-state index < -0.39 is 0 Å². The Morgan fingerprint density at radius 2 is 1.85 bits per heavy atom. The van der Waals surface area contributed by atoms with Gasteiger partial charge in [0.25, 0.3) is 0 Å². The minimum absolute atomic E-state index is 0.374. The lowest BCUT2D eigenvalue weighted by Gasteiger charge is -2.31. The van der Waals surface area contributed by atoms with Gasteiger partial charge in [-0.05, 0) is 31.6 Å². The van der Waals surface area contributed by atoms with Gasteiger partial charge in [0.05, 0.1) is 0 Å². The van der Waals surface area contributed by atoms with Crippen LogP contribution >= 0.6 is 11.6 Å². The molecule has 0 N–H and O–H groups in total. The lowest BCUT2D eigenvalue weighted by atomic mass is 9.75. The summed E-state index contributed by atoms with van der Waals surface area (Å²) in [6, 6.07) is 0. The maximum absolute atomic E-state index is 5.99. The molecule has 3 atom stereocenters. The zero-order valence-electron chi connectivity index (χ0n) is 9.06. The summed E-state index contributed by atoms with van der Waals surface area (Å²) in [4.78, 5) is 0. The van der Waals surface area contributed by atoms with Crippen LogP contribution in [-0.4, -0.2) is 5.38 Å². The maximum Gasteiger partial charge on any atom is 0.0307 e. The monoisotopic (exact) mass is 202 g/mol. The fourth-order valence-corrected chi connectivity index (χ4v) is 2.77. The molecule has 1 heteroatoms. The van der Waals surface area contributed by atoms with E-state index >= 15 is 0 Å². The SMILES string of the molecule is CCC1CCCCC1CCC(C)Cl. The molecule has 13 heavy (non-hydrogen) atoms. The van der Waals surface area contributed by atoms with Crippen LogP contribution in [0.4, 0.5) is 0 Å². The molecule has 0 aromatic carbocycles. The van der Waals surface area contributed by atoms with Crippen LogP contribution in [0.1, 0.15) is 58.8 Å². The zero-order valence-corrected chi connectivity index (χ0v) is 9.82. The number of halogens is 1. The summed E-state index contributed by atoms with van der Waals surface area (Å²) in [7, 11) is 0. The molecule has 1 rings (SSSR count). The van der Waals surface area contributed by atoms with Gasteiger partial charge < -0.3 is 0 Å². The van der Waals surface area contributed by atoms with E-state index in [4.69, 9.17) is 11.6 Å². The molecule has 78 valence electrons. The molecule has 1 aliphatic rings. The smallest absolute Gasteiger partial charge is 0.0307 e. The molecule has 1 saturated carbocycles. The summed E-state index contributed by atoms with van der Waals surface area (Å²) < 4.78 is 0. The Kier molecular flexibility index (Phi) is 5.16. The lowest BCUT2D eigenvalue weighted by molar-refractivity contribution is 0.214. The van der Waals surface area contributed by atoms with Crippen LogP contribution in [0.3, 0.4) is 0 Å². The van der Waals surface area contributed by atoms with E-state index in [1.807, 2.05) is 0 Å². The van der Waals surface area contributed by atoms with Crippen molar-refractivity contribution in [2.45, 2.75) is 64.2 Å². The highest BCUT2D eigenvalue weighted by Gasteiger charge is 2.23. The van der Waals surface area contributed by atoms with Gasteiger partial charge >= 0.3 is 0 Å². The van der Waals surface area contributed by atoms with Gasteiger partial charge in [0.15, 0.2) is 0 Å². The van der Waals surface area contributed by atoms with Crippen LogP contribution in [0.25, 0.3) is 0 Å². The highest BCUT2D eigenvalue weighted by molar-refractivity contribution is 6.20. The fourth-order valence-electron chi connectivity index (χ4n) is 2.65. The molecule has 0 radical (unpaired) electrons. The molecule has 0 saturated heterocycles. The second-order valence-electron chi connectivity index (χ2n) is 4.57. The van der Waals surface area contributed by atoms with Crippen LogP contribution < -0.4 is 0 Å². The fraction of sp³-hybridized carbons (Fsp3) is 1.00. The summed E-state index contributed by atoms with van der Waals surface area (Å²) in [6.07, 6.45) is 9.80. The molecule has 3 unspecified atom stereocenters. The first kappa shape index (κ1) is 11.4. The largest absolute Gasteiger partial charge is 0.123 e. The Bertz CT molecular complexity index is 131. The third kappa shape index (κ3) is 3.89. The van der Waals surface area contributed by atoms with Gasteiger partial charge in [-0.1, -0.05) is 39.0 Å². The second kappa shape index (κ2) is 5.90. The van der Waals surface area contributed by atoms with Crippen LogP contribution in [0.15, 0.2) is 0 Å². The van der Waals surface area contributed by atoms with E-state index in [1.54, 1.807) is 0 Å². The van der Waals surface area contributed by atoms with E-state index in [-0.39, 0.29) is 0 Å². The van der Waals surface area contributed by atoms with Crippen LogP contribution in [0.5, 0.6) is 0 Å². The van der Waals surface area contributed by atoms with Gasteiger partial charge in [-0.2, -0.15) is 0 Å². The van der Waals surface area contributed by atoms with Gasteiger partial charge in [-0.25, -0.2) is 0 Å². The summed E-state index contributed by atoms with van der Waals surface area (Å²) in [5.74, 6) is 1.99. The minimum Gasteiger partial charge on any atom is -0.123 e. The van der Waals surface area contributed by atoms with Gasteiger partial charge in [-0.15, -0.1) is 11.6 Å². The van der Waals surface area contributed by atoms with Gasteiger partial charge in [0.2, 0.25) is 0 Å². The molecule has 0 spiro atoms. The van der Waals surface area contributed by atoms with Gasteiger partial charge in [0, 0.05) is 5.38 Å². The predicted octanol–water partition coefficient (Wildman–Crippen LogP) is 4.61. The van der Waals surface area contributed by atoms with Crippen molar-refractivity contribution in [1.29, 1.82) is 0 Å². The summed E-state index contributed by atoms with van der Waals surface area (Å²) >= 11 is 5.99. The summed E-state index contributed by atoms with van der Waals surface area (Å²) in [6.45, 7) is 4.46. The molecule has 0 nitrogen and oxygen atoms in total. The first-order valence-electron chi connectivity index (χ1n) is 5.88. The average molecular weight is 203 g/mol. The maximum atomic E-state index is 5.99. The highest BCUT2D eigenvalue weighted by Crippen LogP contribution is 2.35. The van der Waals surface area contributed by atoms with Crippen molar-refractivity contribution in [2.75, 3.05) is 0 Å². The van der Waals surface area contributed by atoms with E-state index in [0.29, 0.717) is 5.38 Å². The first-order chi connectivity index (χ1) is 6.24. The molecule has 0 bridgehead atoms. The summed E-state index contributed by atoms with van der Waals surface area (Å²) in [5, 5.41) is 0.374. The van der Waals surface area contributed by atoms with Gasteiger partial charge in [0.1, 0.15) is 0 Å². The van der Waals surface area contributed by atoms with Crippen molar-refractivity contribution in [3.63, 3.8) is 0 Å². The lowest BCUT2D eigenvalue weighted by Crippen LogP contribution is -2.19. The number of alkyl halides is 1. The van der Waals surface area contributed by atoms with E-state index in [9.17, 15) is 0 Å². The second-order valence-corrected chi connectivity index (χ2v) is 5.32. The third-order valence-electron chi connectivity index (χ3n) is 3.53. The Labute approximate surface area is 88.1 Å². The van der Waals surface area contributed by atoms with Crippen LogP contribution in [-0.2, 0) is 0 Å². The Balaban J connectivity index is 2.27. The Morgan fingerprint density at radius 1 is 1.23 bits per heavy atom. The van der Waals surface area contributed by atoms with E-state index in [2.05, 4.69) is 13.8 Å². The van der Waals surface area contributed by atoms with Crippen LogP contribution in [0, 0.1) is 11.8 Å². The van der Waals surface area contributed by atoms with Crippen molar-refractivity contribution < 1.29 is 0 Å². The normalized spacial score (nSPS) is 31.6. The van der Waals surface area contributed by atoms with Gasteiger partial charge in [-0.3, -0.25) is 0 Å². The van der Waals surface area contributed by atoms with E-state index in [1.165, 1.54) is 44.9 Å². The molecule has 1 fully saturated rings. The summed E-state index contributed by atoms with van der Waals surface area (Å²) in [5.41, 5.74) is 0.